The average Bonchev–Trinajstić information content (AvgIpc) is 3.08. The van der Waals surface area contributed by atoms with Crippen LogP contribution in [0.15, 0.2) is 24.3 Å². The summed E-state index contributed by atoms with van der Waals surface area (Å²) in [5.74, 6) is -1.43. The first kappa shape index (κ1) is 24.1. The van der Waals surface area contributed by atoms with Crippen LogP contribution in [-0.2, 0) is 32.9 Å². The van der Waals surface area contributed by atoms with Gasteiger partial charge in [-0.3, -0.25) is 14.1 Å². The second-order valence-corrected chi connectivity index (χ2v) is 7.79. The molecular formula is C16H20N5NaO7S. The van der Waals surface area contributed by atoms with Crippen LogP contribution in [0.4, 0.5) is 9.59 Å². The van der Waals surface area contributed by atoms with Crippen molar-refractivity contribution in [1.29, 1.82) is 0 Å². The van der Waals surface area contributed by atoms with E-state index in [1.165, 1.54) is 0 Å². The molecule has 2 aliphatic heterocycles. The Bertz CT molecular complexity index is 970. The molecule has 0 aromatic heterocycles. The van der Waals surface area contributed by atoms with Gasteiger partial charge in [-0.2, -0.15) is 8.42 Å². The zero-order valence-corrected chi connectivity index (χ0v) is 15.9. The zero-order chi connectivity index (χ0) is 21.2. The van der Waals surface area contributed by atoms with Crippen LogP contribution >= 0.6 is 0 Å². The summed E-state index contributed by atoms with van der Waals surface area (Å²) in [6, 6.07) is 4.77. The van der Waals surface area contributed by atoms with Crippen molar-refractivity contribution in [2.45, 2.75) is 19.0 Å². The van der Waals surface area contributed by atoms with Crippen molar-refractivity contribution in [1.82, 2.24) is 25.2 Å². The third-order valence-electron chi connectivity index (χ3n) is 4.51. The van der Waals surface area contributed by atoms with E-state index in [4.69, 9.17) is 4.55 Å². The molecule has 3 rings (SSSR count). The van der Waals surface area contributed by atoms with Gasteiger partial charge in [0.25, 0.3) is 5.91 Å². The summed E-state index contributed by atoms with van der Waals surface area (Å²) in [5, 5.41) is 7.54. The SMILES string of the molecule is O=C(Cc1ccccc1CNC(=O)N1CCNC1=O)NC1CN(S(=O)(=O)O)C1=O.[NaH]. The molecule has 2 fully saturated rings. The Kier molecular flexibility index (Phi) is 7.82. The van der Waals surface area contributed by atoms with Gasteiger partial charge in [-0.25, -0.2) is 18.8 Å². The predicted molar refractivity (Wildman–Crippen MR) is 105 cm³/mol. The first-order valence-corrected chi connectivity index (χ1v) is 10.0. The number of hydrogen-bond donors (Lipinski definition) is 4. The fourth-order valence-corrected chi connectivity index (χ4v) is 3.66. The number of nitrogens with one attached hydrogen (secondary N) is 3. The van der Waals surface area contributed by atoms with Crippen LogP contribution in [0, 0.1) is 0 Å². The Hall–Kier alpha value is -2.19. The van der Waals surface area contributed by atoms with Gasteiger partial charge in [-0.15, -0.1) is 0 Å². The molecule has 2 heterocycles. The third-order valence-corrected chi connectivity index (χ3v) is 5.39. The first-order valence-electron chi connectivity index (χ1n) is 8.65. The number of amides is 6. The van der Waals surface area contributed by atoms with E-state index in [2.05, 4.69) is 16.0 Å². The van der Waals surface area contributed by atoms with Crippen molar-refractivity contribution in [3.05, 3.63) is 35.4 Å². The van der Waals surface area contributed by atoms with E-state index in [9.17, 15) is 27.6 Å². The van der Waals surface area contributed by atoms with Gasteiger partial charge in [-0.1, -0.05) is 24.3 Å². The van der Waals surface area contributed by atoms with E-state index in [0.717, 1.165) is 4.90 Å². The van der Waals surface area contributed by atoms with Crippen LogP contribution in [-0.4, -0.2) is 101 Å². The fourth-order valence-electron chi connectivity index (χ4n) is 2.96. The monoisotopic (exact) mass is 449 g/mol. The van der Waals surface area contributed by atoms with Crippen molar-refractivity contribution < 1.29 is 32.1 Å². The van der Waals surface area contributed by atoms with E-state index in [1.54, 1.807) is 24.3 Å². The molecule has 0 spiro atoms. The molecule has 1 aromatic rings. The molecule has 0 saturated carbocycles. The number of carbonyl (C=O) groups excluding carboxylic acids is 4. The molecule has 14 heteroatoms. The summed E-state index contributed by atoms with van der Waals surface area (Å²) in [4.78, 5) is 48.5. The summed E-state index contributed by atoms with van der Waals surface area (Å²) >= 11 is 0. The quantitative estimate of drug-likeness (QED) is 0.220. The maximum atomic E-state index is 12.2. The summed E-state index contributed by atoms with van der Waals surface area (Å²) < 4.78 is 30.9. The minimum absolute atomic E-state index is 0. The van der Waals surface area contributed by atoms with Gasteiger partial charge in [0, 0.05) is 19.6 Å². The molecule has 1 unspecified atom stereocenters. The van der Waals surface area contributed by atoms with Crippen LogP contribution in [0.2, 0.25) is 0 Å². The normalized spacial score (nSPS) is 18.2. The van der Waals surface area contributed by atoms with Crippen LogP contribution < -0.4 is 16.0 Å². The Labute approximate surface area is 194 Å². The van der Waals surface area contributed by atoms with Gasteiger partial charge in [0.2, 0.25) is 5.91 Å². The third kappa shape index (κ3) is 5.49. The van der Waals surface area contributed by atoms with Crippen LogP contribution in [0.1, 0.15) is 11.1 Å². The van der Waals surface area contributed by atoms with Crippen LogP contribution in [0.5, 0.6) is 0 Å². The van der Waals surface area contributed by atoms with Gasteiger partial charge >= 0.3 is 51.9 Å². The van der Waals surface area contributed by atoms with Gasteiger partial charge in [-0.05, 0) is 11.1 Å². The first-order chi connectivity index (χ1) is 13.7. The topological polar surface area (TPSA) is 165 Å². The van der Waals surface area contributed by atoms with Gasteiger partial charge in [0.15, 0.2) is 0 Å². The van der Waals surface area contributed by atoms with Crippen molar-refractivity contribution in [2.75, 3.05) is 19.6 Å². The Morgan fingerprint density at radius 3 is 2.43 bits per heavy atom. The standard InChI is InChI=1S/C16H19N5O7S.Na.H/c22-13(19-12-9-21(14(12)23)29(26,27)28)7-10-3-1-2-4-11(10)8-18-16(25)20-6-5-17-15(20)24;;/h1-4,12H,5-9H2,(H,17,24)(H,18,25)(H,19,22)(H,26,27,28);;. The number of β-lactam (4-membered cyclic amide) rings is 1. The van der Waals surface area contributed by atoms with E-state index in [-0.39, 0.29) is 59.9 Å². The van der Waals surface area contributed by atoms with E-state index >= 15 is 0 Å². The summed E-state index contributed by atoms with van der Waals surface area (Å²) in [7, 11) is -4.62. The summed E-state index contributed by atoms with van der Waals surface area (Å²) in [6.07, 6.45) is -0.105. The number of hydrogen-bond acceptors (Lipinski definition) is 6. The molecular weight excluding hydrogens is 429 g/mol. The Morgan fingerprint density at radius 1 is 1.20 bits per heavy atom. The van der Waals surface area contributed by atoms with Gasteiger partial charge in [0.05, 0.1) is 13.0 Å². The number of rotatable bonds is 6. The van der Waals surface area contributed by atoms with Crippen molar-refractivity contribution in [3.63, 3.8) is 0 Å². The number of imide groups is 1. The van der Waals surface area contributed by atoms with Crippen molar-refractivity contribution >= 4 is 63.7 Å². The average molecular weight is 449 g/mol. The Balaban J connectivity index is 0.00000320. The van der Waals surface area contributed by atoms with Gasteiger partial charge in [0.1, 0.15) is 6.04 Å². The minimum atomic E-state index is -4.62. The van der Waals surface area contributed by atoms with Crippen LogP contribution in [0.25, 0.3) is 0 Å². The molecule has 0 aliphatic carbocycles. The zero-order valence-electron chi connectivity index (χ0n) is 15.1. The predicted octanol–water partition coefficient (Wildman–Crippen LogP) is -2.05. The van der Waals surface area contributed by atoms with Gasteiger partial charge < -0.3 is 16.0 Å². The number of benzene rings is 1. The second kappa shape index (κ2) is 9.75. The summed E-state index contributed by atoms with van der Waals surface area (Å²) in [5.41, 5.74) is 1.24. The molecule has 4 N–H and O–H groups in total. The molecule has 30 heavy (non-hydrogen) atoms. The number of carbonyl (C=O) groups is 4. The second-order valence-electron chi connectivity index (χ2n) is 6.46. The molecule has 1 aromatic carbocycles. The molecule has 2 aliphatic rings. The molecule has 158 valence electrons. The van der Waals surface area contributed by atoms with Crippen molar-refractivity contribution in [3.8, 4) is 0 Å². The number of urea groups is 2. The molecule has 2 saturated heterocycles. The maximum absolute atomic E-state index is 12.2. The van der Waals surface area contributed by atoms with E-state index in [0.29, 0.717) is 17.7 Å². The number of nitrogens with zero attached hydrogens (tertiary/aromatic N) is 2. The fraction of sp³-hybridized carbons (Fsp3) is 0.375. The molecule has 0 bridgehead atoms. The Morgan fingerprint density at radius 2 is 1.87 bits per heavy atom. The van der Waals surface area contributed by atoms with Crippen LogP contribution in [0.3, 0.4) is 0 Å². The van der Waals surface area contributed by atoms with E-state index < -0.39 is 40.2 Å². The molecule has 0 radical (unpaired) electrons. The molecule has 12 nitrogen and oxygen atoms in total. The van der Waals surface area contributed by atoms with Crippen molar-refractivity contribution in [2.24, 2.45) is 0 Å². The summed E-state index contributed by atoms with van der Waals surface area (Å²) in [6.45, 7) is 0.409. The molecule has 1 atom stereocenters. The van der Waals surface area contributed by atoms with E-state index in [1.807, 2.05) is 0 Å². The molecule has 6 amide bonds.